The number of hydroxylamine groups is 1. The van der Waals surface area contributed by atoms with E-state index in [0.29, 0.717) is 11.7 Å². The van der Waals surface area contributed by atoms with Crippen LogP contribution in [-0.4, -0.2) is 29.5 Å². The number of benzene rings is 1. The highest BCUT2D eigenvalue weighted by Crippen LogP contribution is 2.19. The van der Waals surface area contributed by atoms with Crippen LogP contribution in [0, 0.1) is 0 Å². The molecule has 21 heavy (non-hydrogen) atoms. The molecule has 0 bridgehead atoms. The lowest BCUT2D eigenvalue weighted by Crippen LogP contribution is -2.20. The minimum Gasteiger partial charge on any atom is -0.381 e. The first-order chi connectivity index (χ1) is 10.0. The molecule has 6 heteroatoms. The lowest BCUT2D eigenvalue weighted by Gasteiger charge is -2.15. The minimum absolute atomic E-state index is 0.286. The van der Waals surface area contributed by atoms with Crippen molar-refractivity contribution < 1.29 is 4.84 Å². The van der Waals surface area contributed by atoms with Crippen molar-refractivity contribution in [1.82, 2.24) is 9.55 Å². The van der Waals surface area contributed by atoms with Crippen LogP contribution in [0.2, 0.25) is 0 Å². The Bertz CT molecular complexity index is 615. The van der Waals surface area contributed by atoms with E-state index in [-0.39, 0.29) is 6.04 Å². The molecule has 1 aromatic heterocycles. The van der Waals surface area contributed by atoms with E-state index in [1.807, 2.05) is 42.1 Å². The molecule has 6 nitrogen and oxygen atoms in total. The van der Waals surface area contributed by atoms with E-state index in [0.717, 1.165) is 11.4 Å². The molecular formula is C15H21N5O. The summed E-state index contributed by atoms with van der Waals surface area (Å²) in [4.78, 5) is 13.8. The number of rotatable bonds is 5. The van der Waals surface area contributed by atoms with Crippen molar-refractivity contribution in [3.63, 3.8) is 0 Å². The number of nitrogens with two attached hydrogens (primary N) is 1. The molecule has 0 unspecified atom stereocenters. The van der Waals surface area contributed by atoms with Gasteiger partial charge in [-0.25, -0.2) is 9.98 Å². The number of hydrogen-bond acceptors (Lipinski definition) is 4. The van der Waals surface area contributed by atoms with E-state index in [4.69, 9.17) is 10.6 Å². The van der Waals surface area contributed by atoms with Gasteiger partial charge in [-0.2, -0.15) is 0 Å². The molecule has 0 aliphatic rings. The quantitative estimate of drug-likeness (QED) is 0.521. The first-order valence-electron chi connectivity index (χ1n) is 6.78. The zero-order valence-electron chi connectivity index (χ0n) is 12.8. The molecule has 112 valence electrons. The Labute approximate surface area is 124 Å². The smallest absolute Gasteiger partial charge is 0.175 e. The molecular weight excluding hydrogens is 266 g/mol. The van der Waals surface area contributed by atoms with Crippen molar-refractivity contribution in [1.29, 1.82) is 0 Å². The number of aromatic nitrogens is 2. The van der Waals surface area contributed by atoms with E-state index in [2.05, 4.69) is 23.8 Å². The van der Waals surface area contributed by atoms with Gasteiger partial charge in [0.2, 0.25) is 0 Å². The highest BCUT2D eigenvalue weighted by Gasteiger charge is 2.09. The van der Waals surface area contributed by atoms with Crippen LogP contribution in [0.3, 0.4) is 0 Å². The maximum absolute atomic E-state index is 6.07. The number of aliphatic imine (C=N–C) groups is 1. The molecule has 0 saturated carbocycles. The summed E-state index contributed by atoms with van der Waals surface area (Å²) in [6.45, 7) is 4.15. The average molecular weight is 287 g/mol. The van der Waals surface area contributed by atoms with Crippen LogP contribution in [-0.2, 0) is 4.84 Å². The Morgan fingerprint density at radius 1 is 1.33 bits per heavy atom. The number of imidazole rings is 1. The highest BCUT2D eigenvalue weighted by molar-refractivity contribution is 5.96. The third-order valence-corrected chi connectivity index (χ3v) is 3.19. The fourth-order valence-corrected chi connectivity index (χ4v) is 1.96. The maximum Gasteiger partial charge on any atom is 0.175 e. The molecule has 0 fully saturated rings. The summed E-state index contributed by atoms with van der Waals surface area (Å²) in [7, 11) is 3.46. The second-order valence-electron chi connectivity index (χ2n) is 4.95. The normalized spacial score (nSPS) is 12.0. The highest BCUT2D eigenvalue weighted by atomic mass is 16.7. The molecule has 0 spiro atoms. The van der Waals surface area contributed by atoms with E-state index >= 15 is 0 Å². The SMILES string of the molecule is CON(C)c1ccc(N=C(N)c2nccn2C(C)C)cc1. The second-order valence-corrected chi connectivity index (χ2v) is 4.95. The average Bonchev–Trinajstić information content (AvgIpc) is 2.97. The van der Waals surface area contributed by atoms with Crippen molar-refractivity contribution in [2.45, 2.75) is 19.9 Å². The minimum atomic E-state index is 0.286. The van der Waals surface area contributed by atoms with Gasteiger partial charge in [0.15, 0.2) is 11.7 Å². The largest absolute Gasteiger partial charge is 0.381 e. The van der Waals surface area contributed by atoms with Crippen LogP contribution in [0.15, 0.2) is 41.7 Å². The van der Waals surface area contributed by atoms with Crippen molar-refractivity contribution in [3.8, 4) is 0 Å². The lowest BCUT2D eigenvalue weighted by molar-refractivity contribution is 0.185. The summed E-state index contributed by atoms with van der Waals surface area (Å²) in [5, 5.41) is 1.67. The molecule has 2 aromatic rings. The molecule has 2 rings (SSSR count). The zero-order valence-corrected chi connectivity index (χ0v) is 12.8. The third kappa shape index (κ3) is 3.41. The molecule has 1 aromatic carbocycles. The van der Waals surface area contributed by atoms with E-state index < -0.39 is 0 Å². The predicted molar refractivity (Wildman–Crippen MR) is 84.9 cm³/mol. The maximum atomic E-state index is 6.07. The Hall–Kier alpha value is -2.34. The van der Waals surface area contributed by atoms with Crippen molar-refractivity contribution in [2.24, 2.45) is 10.7 Å². The third-order valence-electron chi connectivity index (χ3n) is 3.19. The predicted octanol–water partition coefficient (Wildman–Crippen LogP) is 2.50. The fraction of sp³-hybridized carbons (Fsp3) is 0.333. The summed E-state index contributed by atoms with van der Waals surface area (Å²) in [6, 6.07) is 7.91. The first kappa shape index (κ1) is 15.1. The summed E-state index contributed by atoms with van der Waals surface area (Å²) >= 11 is 0. The van der Waals surface area contributed by atoms with Crippen molar-refractivity contribution in [3.05, 3.63) is 42.5 Å². The first-order valence-corrected chi connectivity index (χ1v) is 6.78. The monoisotopic (exact) mass is 287 g/mol. The standard InChI is InChI=1S/C15H21N5O/c1-11(2)20-10-9-17-15(20)14(16)18-12-5-7-13(8-6-12)19(3)21-4/h5-11H,1-4H3,(H2,16,18). The van der Waals surface area contributed by atoms with Crippen LogP contribution in [0.25, 0.3) is 0 Å². The molecule has 2 N–H and O–H groups in total. The fourth-order valence-electron chi connectivity index (χ4n) is 1.96. The molecule has 0 saturated heterocycles. The van der Waals surface area contributed by atoms with Gasteiger partial charge < -0.3 is 10.3 Å². The van der Waals surface area contributed by atoms with Gasteiger partial charge >= 0.3 is 0 Å². The summed E-state index contributed by atoms with van der Waals surface area (Å²) in [5.41, 5.74) is 7.79. The van der Waals surface area contributed by atoms with Gasteiger partial charge in [0, 0.05) is 25.5 Å². The summed E-state index contributed by atoms with van der Waals surface area (Å²) in [5.74, 6) is 1.09. The number of amidine groups is 1. The van der Waals surface area contributed by atoms with E-state index in [9.17, 15) is 0 Å². The van der Waals surface area contributed by atoms with Gasteiger partial charge in [0.05, 0.1) is 18.5 Å². The Morgan fingerprint density at radius 2 is 2.00 bits per heavy atom. The molecule has 0 aliphatic carbocycles. The molecule has 0 atom stereocenters. The number of hydrogen-bond donors (Lipinski definition) is 1. The zero-order chi connectivity index (χ0) is 15.4. The summed E-state index contributed by atoms with van der Waals surface area (Å²) in [6.07, 6.45) is 3.63. The Kier molecular flexibility index (Phi) is 4.59. The number of anilines is 1. The van der Waals surface area contributed by atoms with Gasteiger partial charge in [-0.3, -0.25) is 9.90 Å². The van der Waals surface area contributed by atoms with Gasteiger partial charge in [0.1, 0.15) is 0 Å². The van der Waals surface area contributed by atoms with Gasteiger partial charge in [-0.1, -0.05) is 0 Å². The van der Waals surface area contributed by atoms with Crippen LogP contribution in [0.1, 0.15) is 25.7 Å². The van der Waals surface area contributed by atoms with Gasteiger partial charge in [-0.05, 0) is 38.1 Å². The second kappa shape index (κ2) is 6.41. The van der Waals surface area contributed by atoms with Crippen LogP contribution >= 0.6 is 0 Å². The van der Waals surface area contributed by atoms with Gasteiger partial charge in [0.25, 0.3) is 0 Å². The van der Waals surface area contributed by atoms with E-state index in [1.54, 1.807) is 18.4 Å². The van der Waals surface area contributed by atoms with E-state index in [1.165, 1.54) is 0 Å². The molecule has 0 amide bonds. The van der Waals surface area contributed by atoms with Crippen molar-refractivity contribution in [2.75, 3.05) is 19.2 Å². The summed E-state index contributed by atoms with van der Waals surface area (Å²) < 4.78 is 1.99. The van der Waals surface area contributed by atoms with Crippen molar-refractivity contribution >= 4 is 17.2 Å². The van der Waals surface area contributed by atoms with Crippen LogP contribution < -0.4 is 10.8 Å². The van der Waals surface area contributed by atoms with Crippen LogP contribution in [0.5, 0.6) is 0 Å². The number of nitrogens with zero attached hydrogens (tertiary/aromatic N) is 4. The molecule has 0 radical (unpaired) electrons. The Balaban J connectivity index is 2.24. The molecule has 0 aliphatic heterocycles. The van der Waals surface area contributed by atoms with Crippen LogP contribution in [0.4, 0.5) is 11.4 Å². The lowest BCUT2D eigenvalue weighted by atomic mass is 10.3. The molecule has 1 heterocycles. The Morgan fingerprint density at radius 3 is 2.57 bits per heavy atom. The van der Waals surface area contributed by atoms with Gasteiger partial charge in [-0.15, -0.1) is 0 Å². The topological polar surface area (TPSA) is 68.7 Å².